The molecule has 0 radical (unpaired) electrons. The van der Waals surface area contributed by atoms with Crippen LogP contribution in [0.3, 0.4) is 0 Å². The molecule has 1 aromatic carbocycles. The summed E-state index contributed by atoms with van der Waals surface area (Å²) in [4.78, 5) is 0. The first-order chi connectivity index (χ1) is 9.74. The minimum absolute atomic E-state index is 0.430. The van der Waals surface area contributed by atoms with E-state index in [1.165, 1.54) is 48.7 Å². The first-order valence-electron chi connectivity index (χ1n) is 7.99. The molecule has 2 nitrogen and oxygen atoms in total. The van der Waals surface area contributed by atoms with E-state index in [2.05, 4.69) is 57.8 Å². The van der Waals surface area contributed by atoms with Gasteiger partial charge < -0.3 is 10.6 Å². The third kappa shape index (κ3) is 3.26. The fourth-order valence-electron chi connectivity index (χ4n) is 3.95. The van der Waals surface area contributed by atoms with Gasteiger partial charge in [0.25, 0.3) is 0 Å². The smallest absolute Gasteiger partial charge is 0.0294 e. The van der Waals surface area contributed by atoms with Crippen molar-refractivity contribution < 1.29 is 0 Å². The highest BCUT2D eigenvalue weighted by atomic mass is 79.9. The highest BCUT2D eigenvalue weighted by Gasteiger charge is 2.35. The molecule has 0 amide bonds. The van der Waals surface area contributed by atoms with Gasteiger partial charge in [0.1, 0.15) is 0 Å². The molecule has 4 atom stereocenters. The highest BCUT2D eigenvalue weighted by Crippen LogP contribution is 2.33. The second-order valence-corrected chi connectivity index (χ2v) is 7.26. The summed E-state index contributed by atoms with van der Waals surface area (Å²) in [6, 6.07) is 10.5. The van der Waals surface area contributed by atoms with Gasteiger partial charge in [-0.1, -0.05) is 34.5 Å². The quantitative estimate of drug-likeness (QED) is 0.867. The summed E-state index contributed by atoms with van der Waals surface area (Å²) in [5.41, 5.74) is 1.38. The fraction of sp³-hybridized carbons (Fsp3) is 0.647. The zero-order valence-corrected chi connectivity index (χ0v) is 13.8. The van der Waals surface area contributed by atoms with E-state index in [4.69, 9.17) is 0 Å². The lowest BCUT2D eigenvalue weighted by atomic mass is 9.92. The van der Waals surface area contributed by atoms with Crippen LogP contribution < -0.4 is 10.6 Å². The first kappa shape index (κ1) is 14.6. The maximum absolute atomic E-state index is 3.89. The minimum Gasteiger partial charge on any atom is -0.314 e. The Morgan fingerprint density at radius 2 is 2.15 bits per heavy atom. The van der Waals surface area contributed by atoms with E-state index in [0.29, 0.717) is 12.1 Å². The molecule has 3 heteroatoms. The van der Waals surface area contributed by atoms with Crippen molar-refractivity contribution in [3.05, 3.63) is 34.3 Å². The van der Waals surface area contributed by atoms with Crippen molar-refractivity contribution in [2.24, 2.45) is 5.92 Å². The van der Waals surface area contributed by atoms with Gasteiger partial charge in [-0.15, -0.1) is 0 Å². The van der Waals surface area contributed by atoms with Gasteiger partial charge in [0, 0.05) is 22.6 Å². The second-order valence-electron chi connectivity index (χ2n) is 6.35. The molecule has 2 fully saturated rings. The van der Waals surface area contributed by atoms with Crippen LogP contribution in [-0.2, 0) is 0 Å². The molecule has 0 spiro atoms. The predicted octanol–water partition coefficient (Wildman–Crippen LogP) is 4.02. The third-order valence-corrected chi connectivity index (χ3v) is 5.49. The molecule has 110 valence electrons. The lowest BCUT2D eigenvalue weighted by molar-refractivity contribution is 0.303. The Balaban J connectivity index is 1.64. The summed E-state index contributed by atoms with van der Waals surface area (Å²) in [7, 11) is 0. The van der Waals surface area contributed by atoms with Crippen LogP contribution in [0.2, 0.25) is 0 Å². The molecule has 1 aliphatic heterocycles. The minimum atomic E-state index is 0.430. The molecule has 1 saturated carbocycles. The molecule has 1 heterocycles. The number of benzene rings is 1. The average molecular weight is 337 g/mol. The molecular weight excluding hydrogens is 312 g/mol. The van der Waals surface area contributed by atoms with Gasteiger partial charge in [-0.05, 0) is 62.8 Å². The third-order valence-electron chi connectivity index (χ3n) is 5.00. The van der Waals surface area contributed by atoms with E-state index >= 15 is 0 Å². The molecule has 1 aromatic rings. The Morgan fingerprint density at radius 3 is 2.90 bits per heavy atom. The van der Waals surface area contributed by atoms with Crippen molar-refractivity contribution in [2.45, 2.75) is 57.2 Å². The van der Waals surface area contributed by atoms with E-state index in [9.17, 15) is 0 Å². The summed E-state index contributed by atoms with van der Waals surface area (Å²) >= 11 is 3.57. The number of nitrogens with one attached hydrogen (secondary N) is 2. The molecule has 0 bridgehead atoms. The lowest BCUT2D eigenvalue weighted by Crippen LogP contribution is -2.42. The van der Waals surface area contributed by atoms with Crippen LogP contribution in [-0.4, -0.2) is 18.6 Å². The van der Waals surface area contributed by atoms with Crippen LogP contribution >= 0.6 is 15.9 Å². The SMILES string of the molecule is C[C@@H](NC1CCCC1C1CCCN1)c1cccc(Br)c1. The van der Waals surface area contributed by atoms with Gasteiger partial charge >= 0.3 is 0 Å². The highest BCUT2D eigenvalue weighted by molar-refractivity contribution is 9.10. The normalized spacial score (nSPS) is 31.6. The monoisotopic (exact) mass is 336 g/mol. The van der Waals surface area contributed by atoms with Crippen molar-refractivity contribution in [2.75, 3.05) is 6.54 Å². The van der Waals surface area contributed by atoms with E-state index in [1.807, 2.05) is 0 Å². The fourth-order valence-corrected chi connectivity index (χ4v) is 4.36. The van der Waals surface area contributed by atoms with Gasteiger partial charge in [-0.3, -0.25) is 0 Å². The molecule has 3 unspecified atom stereocenters. The first-order valence-corrected chi connectivity index (χ1v) is 8.78. The summed E-state index contributed by atoms with van der Waals surface area (Å²) < 4.78 is 1.17. The molecule has 0 aromatic heterocycles. The van der Waals surface area contributed by atoms with Crippen LogP contribution in [0, 0.1) is 5.92 Å². The zero-order valence-electron chi connectivity index (χ0n) is 12.2. The summed E-state index contributed by atoms with van der Waals surface area (Å²) in [5, 5.41) is 7.59. The molecule has 3 rings (SSSR count). The lowest BCUT2D eigenvalue weighted by Gasteiger charge is -2.29. The Kier molecular flexibility index (Phi) is 4.79. The van der Waals surface area contributed by atoms with Crippen LogP contribution in [0.1, 0.15) is 50.6 Å². The Bertz CT molecular complexity index is 442. The van der Waals surface area contributed by atoms with Gasteiger partial charge in [-0.2, -0.15) is 0 Å². The van der Waals surface area contributed by atoms with Gasteiger partial charge in [0.05, 0.1) is 0 Å². The van der Waals surface area contributed by atoms with Crippen LogP contribution in [0.25, 0.3) is 0 Å². The van der Waals surface area contributed by atoms with Crippen LogP contribution in [0.5, 0.6) is 0 Å². The van der Waals surface area contributed by atoms with E-state index < -0.39 is 0 Å². The molecular formula is C17H25BrN2. The number of rotatable bonds is 4. The van der Waals surface area contributed by atoms with Crippen LogP contribution in [0.15, 0.2) is 28.7 Å². The number of hydrogen-bond acceptors (Lipinski definition) is 2. The summed E-state index contributed by atoms with van der Waals surface area (Å²) in [6.07, 6.45) is 6.83. The molecule has 1 aliphatic carbocycles. The number of halogens is 1. The molecule has 20 heavy (non-hydrogen) atoms. The predicted molar refractivity (Wildman–Crippen MR) is 87.8 cm³/mol. The Hall–Kier alpha value is -0.380. The van der Waals surface area contributed by atoms with Crippen molar-refractivity contribution in [3.8, 4) is 0 Å². The van der Waals surface area contributed by atoms with Gasteiger partial charge in [0.15, 0.2) is 0 Å². The van der Waals surface area contributed by atoms with E-state index in [1.54, 1.807) is 0 Å². The topological polar surface area (TPSA) is 24.1 Å². The van der Waals surface area contributed by atoms with E-state index in [0.717, 1.165) is 12.0 Å². The second kappa shape index (κ2) is 6.59. The summed E-state index contributed by atoms with van der Waals surface area (Å²) in [5.74, 6) is 0.826. The number of hydrogen-bond donors (Lipinski definition) is 2. The van der Waals surface area contributed by atoms with Crippen molar-refractivity contribution in [1.29, 1.82) is 0 Å². The molecule has 2 N–H and O–H groups in total. The van der Waals surface area contributed by atoms with Gasteiger partial charge in [-0.25, -0.2) is 0 Å². The maximum atomic E-state index is 3.89. The van der Waals surface area contributed by atoms with Crippen molar-refractivity contribution in [1.82, 2.24) is 10.6 Å². The summed E-state index contributed by atoms with van der Waals surface area (Å²) in [6.45, 7) is 3.51. The zero-order chi connectivity index (χ0) is 13.9. The van der Waals surface area contributed by atoms with Crippen molar-refractivity contribution in [3.63, 3.8) is 0 Å². The van der Waals surface area contributed by atoms with Crippen LogP contribution in [0.4, 0.5) is 0 Å². The average Bonchev–Trinajstić information content (AvgIpc) is 3.08. The molecule has 2 aliphatic rings. The Labute approximate surface area is 130 Å². The Morgan fingerprint density at radius 1 is 1.25 bits per heavy atom. The van der Waals surface area contributed by atoms with E-state index in [-0.39, 0.29) is 0 Å². The van der Waals surface area contributed by atoms with Crippen molar-refractivity contribution >= 4 is 15.9 Å². The molecule has 1 saturated heterocycles. The standard InChI is InChI=1S/C17H25BrN2/c1-12(13-5-2-6-14(18)11-13)20-17-8-3-7-15(17)16-9-4-10-19-16/h2,5-6,11-12,15-17,19-20H,3-4,7-10H2,1H3/t12-,15?,16?,17?/m1/s1. The largest absolute Gasteiger partial charge is 0.314 e. The van der Waals surface area contributed by atoms with Gasteiger partial charge in [0.2, 0.25) is 0 Å². The maximum Gasteiger partial charge on any atom is 0.0294 e.